The van der Waals surface area contributed by atoms with Gasteiger partial charge in [-0.25, -0.2) is 0 Å². The molecular weight excluding hydrogens is 297 g/mol. The van der Waals surface area contributed by atoms with Crippen LogP contribution < -0.4 is 0 Å². The van der Waals surface area contributed by atoms with Crippen LogP contribution in [0.2, 0.25) is 10.0 Å². The number of amides is 1. The second-order valence-corrected chi connectivity index (χ2v) is 5.79. The van der Waals surface area contributed by atoms with Crippen molar-refractivity contribution < 1.29 is 9.90 Å². The third-order valence-electron chi connectivity index (χ3n) is 3.55. The Morgan fingerprint density at radius 3 is 2.70 bits per heavy atom. The molecule has 2 rings (SSSR count). The fraction of sp³-hybridized carbons (Fsp3) is 0.400. The average Bonchev–Trinajstić information content (AvgIpc) is 2.48. The molecule has 108 valence electrons. The summed E-state index contributed by atoms with van der Waals surface area (Å²) in [6.07, 6.45) is 4.92. The second-order valence-electron chi connectivity index (χ2n) is 4.95. The minimum Gasteiger partial charge on any atom is -0.396 e. The molecule has 0 radical (unpaired) electrons. The van der Waals surface area contributed by atoms with Crippen LogP contribution in [-0.2, 0) is 4.79 Å². The molecule has 0 aliphatic carbocycles. The van der Waals surface area contributed by atoms with Crippen LogP contribution >= 0.6 is 23.2 Å². The van der Waals surface area contributed by atoms with Gasteiger partial charge in [-0.2, -0.15) is 0 Å². The number of carbonyl (C=O) groups is 1. The highest BCUT2D eigenvalue weighted by Gasteiger charge is 2.20. The lowest BCUT2D eigenvalue weighted by Crippen LogP contribution is -2.38. The van der Waals surface area contributed by atoms with E-state index in [-0.39, 0.29) is 12.5 Å². The summed E-state index contributed by atoms with van der Waals surface area (Å²) < 4.78 is 0. The number of nitrogens with zero attached hydrogens (tertiary/aromatic N) is 1. The summed E-state index contributed by atoms with van der Waals surface area (Å²) in [5.41, 5.74) is 0.734. The largest absolute Gasteiger partial charge is 0.396 e. The predicted octanol–water partition coefficient (Wildman–Crippen LogP) is 3.24. The maximum atomic E-state index is 12.1. The second kappa shape index (κ2) is 7.11. The van der Waals surface area contributed by atoms with Gasteiger partial charge < -0.3 is 10.0 Å². The molecule has 3 nitrogen and oxygen atoms in total. The number of aliphatic hydroxyl groups is 1. The van der Waals surface area contributed by atoms with Crippen LogP contribution in [0.25, 0.3) is 6.08 Å². The summed E-state index contributed by atoms with van der Waals surface area (Å²) in [7, 11) is 0. The van der Waals surface area contributed by atoms with E-state index in [1.807, 2.05) is 0 Å². The van der Waals surface area contributed by atoms with Gasteiger partial charge in [0.1, 0.15) is 0 Å². The first-order valence-corrected chi connectivity index (χ1v) is 7.38. The van der Waals surface area contributed by atoms with Crippen molar-refractivity contribution in [2.24, 2.45) is 5.92 Å². The van der Waals surface area contributed by atoms with Crippen LogP contribution in [0.4, 0.5) is 0 Å². The normalized spacial score (nSPS) is 16.9. The van der Waals surface area contributed by atoms with E-state index in [2.05, 4.69) is 0 Å². The summed E-state index contributed by atoms with van der Waals surface area (Å²) in [5, 5.41) is 10.2. The van der Waals surface area contributed by atoms with Gasteiger partial charge in [0.25, 0.3) is 0 Å². The van der Waals surface area contributed by atoms with Gasteiger partial charge in [0, 0.05) is 35.8 Å². The Labute approximate surface area is 128 Å². The molecule has 1 aromatic rings. The van der Waals surface area contributed by atoms with Gasteiger partial charge in [0.05, 0.1) is 0 Å². The summed E-state index contributed by atoms with van der Waals surface area (Å²) >= 11 is 11.9. The molecule has 1 N–H and O–H groups in total. The zero-order chi connectivity index (χ0) is 14.5. The Kier molecular flexibility index (Phi) is 5.46. The van der Waals surface area contributed by atoms with Crippen molar-refractivity contribution in [1.29, 1.82) is 0 Å². The SMILES string of the molecule is O=C(/C=C/c1cc(Cl)ccc1Cl)N1CCC(CO)CC1. The zero-order valence-electron chi connectivity index (χ0n) is 11.1. The highest BCUT2D eigenvalue weighted by Crippen LogP contribution is 2.22. The van der Waals surface area contributed by atoms with E-state index in [0.717, 1.165) is 18.4 Å². The Hall–Kier alpha value is -1.03. The molecule has 1 amide bonds. The summed E-state index contributed by atoms with van der Waals surface area (Å²) in [5.74, 6) is 0.294. The minimum atomic E-state index is -0.0302. The van der Waals surface area contributed by atoms with E-state index in [0.29, 0.717) is 29.1 Å². The van der Waals surface area contributed by atoms with Crippen molar-refractivity contribution >= 4 is 35.2 Å². The van der Waals surface area contributed by atoms with Crippen LogP contribution in [0.15, 0.2) is 24.3 Å². The number of hydrogen-bond donors (Lipinski definition) is 1. The van der Waals surface area contributed by atoms with Crippen LogP contribution in [0.5, 0.6) is 0 Å². The van der Waals surface area contributed by atoms with Crippen molar-refractivity contribution in [1.82, 2.24) is 4.90 Å². The van der Waals surface area contributed by atoms with Crippen LogP contribution in [0.3, 0.4) is 0 Å². The lowest BCUT2D eigenvalue weighted by molar-refractivity contribution is -0.127. The maximum absolute atomic E-state index is 12.1. The summed E-state index contributed by atoms with van der Waals surface area (Å²) in [6.45, 7) is 1.59. The van der Waals surface area contributed by atoms with E-state index in [4.69, 9.17) is 28.3 Å². The van der Waals surface area contributed by atoms with Crippen molar-refractivity contribution in [2.75, 3.05) is 19.7 Å². The Morgan fingerprint density at radius 1 is 1.35 bits per heavy atom. The van der Waals surface area contributed by atoms with Crippen molar-refractivity contribution in [2.45, 2.75) is 12.8 Å². The number of likely N-dealkylation sites (tertiary alicyclic amines) is 1. The molecule has 0 atom stereocenters. The fourth-order valence-corrected chi connectivity index (χ4v) is 2.61. The molecule has 0 spiro atoms. The van der Waals surface area contributed by atoms with E-state index in [9.17, 15) is 4.79 Å². The Bertz CT molecular complexity index is 509. The standard InChI is InChI=1S/C15H17Cl2NO2/c16-13-2-3-14(17)12(9-13)1-4-15(20)18-7-5-11(10-19)6-8-18/h1-4,9,11,19H,5-8,10H2/b4-1+. The Morgan fingerprint density at radius 2 is 2.05 bits per heavy atom. The van der Waals surface area contributed by atoms with E-state index in [1.54, 1.807) is 29.2 Å². The number of halogens is 2. The Balaban J connectivity index is 1.97. The van der Waals surface area contributed by atoms with E-state index >= 15 is 0 Å². The monoisotopic (exact) mass is 313 g/mol. The molecule has 1 aliphatic heterocycles. The molecule has 1 aromatic carbocycles. The molecule has 20 heavy (non-hydrogen) atoms. The number of piperidine rings is 1. The van der Waals surface area contributed by atoms with E-state index in [1.165, 1.54) is 6.08 Å². The highest BCUT2D eigenvalue weighted by molar-refractivity contribution is 6.34. The molecule has 1 heterocycles. The smallest absolute Gasteiger partial charge is 0.246 e. The van der Waals surface area contributed by atoms with Gasteiger partial charge >= 0.3 is 0 Å². The molecular formula is C15H17Cl2NO2. The lowest BCUT2D eigenvalue weighted by atomic mass is 9.98. The van der Waals surface area contributed by atoms with Crippen LogP contribution in [-0.4, -0.2) is 35.6 Å². The first-order valence-electron chi connectivity index (χ1n) is 6.63. The fourth-order valence-electron chi connectivity index (χ4n) is 2.24. The number of benzene rings is 1. The third kappa shape index (κ3) is 3.98. The number of aliphatic hydroxyl groups excluding tert-OH is 1. The van der Waals surface area contributed by atoms with Crippen LogP contribution in [0.1, 0.15) is 18.4 Å². The molecule has 1 aliphatic rings. The van der Waals surface area contributed by atoms with Gasteiger partial charge in [0.2, 0.25) is 5.91 Å². The number of carbonyl (C=O) groups excluding carboxylic acids is 1. The first kappa shape index (κ1) is 15.4. The first-order chi connectivity index (χ1) is 9.60. The third-order valence-corrected chi connectivity index (χ3v) is 4.13. The van der Waals surface area contributed by atoms with Crippen molar-refractivity contribution in [3.63, 3.8) is 0 Å². The van der Waals surface area contributed by atoms with Crippen molar-refractivity contribution in [3.05, 3.63) is 39.9 Å². The van der Waals surface area contributed by atoms with E-state index < -0.39 is 0 Å². The number of hydrogen-bond acceptors (Lipinski definition) is 2. The topological polar surface area (TPSA) is 40.5 Å². The molecule has 0 saturated carbocycles. The maximum Gasteiger partial charge on any atom is 0.246 e. The van der Waals surface area contributed by atoms with Gasteiger partial charge in [-0.05, 0) is 48.6 Å². The minimum absolute atomic E-state index is 0.0302. The summed E-state index contributed by atoms with van der Waals surface area (Å²) in [6, 6.07) is 5.15. The average molecular weight is 314 g/mol. The quantitative estimate of drug-likeness (QED) is 0.870. The number of rotatable bonds is 3. The van der Waals surface area contributed by atoms with Gasteiger partial charge in [-0.15, -0.1) is 0 Å². The summed E-state index contributed by atoms with van der Waals surface area (Å²) in [4.78, 5) is 13.9. The van der Waals surface area contributed by atoms with Crippen molar-refractivity contribution in [3.8, 4) is 0 Å². The molecule has 5 heteroatoms. The molecule has 0 aromatic heterocycles. The van der Waals surface area contributed by atoms with Gasteiger partial charge in [-0.3, -0.25) is 4.79 Å². The lowest BCUT2D eigenvalue weighted by Gasteiger charge is -2.30. The van der Waals surface area contributed by atoms with Gasteiger partial charge in [0.15, 0.2) is 0 Å². The molecule has 0 bridgehead atoms. The molecule has 0 unspecified atom stereocenters. The van der Waals surface area contributed by atoms with Crippen LogP contribution in [0, 0.1) is 5.92 Å². The molecule has 1 fully saturated rings. The highest BCUT2D eigenvalue weighted by atomic mass is 35.5. The predicted molar refractivity (Wildman–Crippen MR) is 81.9 cm³/mol. The zero-order valence-corrected chi connectivity index (χ0v) is 12.6. The molecule has 1 saturated heterocycles. The van der Waals surface area contributed by atoms with Gasteiger partial charge in [-0.1, -0.05) is 23.2 Å².